The Morgan fingerprint density at radius 2 is 1.91 bits per heavy atom. The molecule has 2 aromatic rings. The van der Waals surface area contributed by atoms with Crippen molar-refractivity contribution in [3.05, 3.63) is 46.9 Å². The van der Waals surface area contributed by atoms with E-state index in [4.69, 9.17) is 9.97 Å². The predicted octanol–water partition coefficient (Wildman–Crippen LogP) is 2.76. The molecule has 0 spiro atoms. The summed E-state index contributed by atoms with van der Waals surface area (Å²) in [6, 6.07) is 8.05. The first-order chi connectivity index (χ1) is 15.4. The number of nitrogens with one attached hydrogen (secondary N) is 2. The summed E-state index contributed by atoms with van der Waals surface area (Å²) in [5.41, 5.74) is 4.17. The van der Waals surface area contributed by atoms with Crippen LogP contribution in [-0.2, 0) is 29.1 Å². The molecule has 0 aliphatic carbocycles. The second-order valence-corrected chi connectivity index (χ2v) is 8.75. The molecule has 0 bridgehead atoms. The summed E-state index contributed by atoms with van der Waals surface area (Å²) in [6.45, 7) is 7.27. The Labute approximate surface area is 189 Å². The summed E-state index contributed by atoms with van der Waals surface area (Å²) in [7, 11) is 1.89. The standard InChI is InChI=1S/C24H32N6O2/c1-16(31)26-20-8-6-18(7-9-20)13-29-11-4-5-19(14-29)23-27-22-10-12-30(17(2)32)15-21(22)24(25-3)28-23/h6-9,19H,4-5,10-15H2,1-3H3,(H,26,31)(H,25,27,28)/t19-/m0/s1. The summed E-state index contributed by atoms with van der Waals surface area (Å²) in [6.07, 6.45) is 2.97. The lowest BCUT2D eigenvalue weighted by molar-refractivity contribution is -0.129. The van der Waals surface area contributed by atoms with E-state index in [0.717, 1.165) is 67.5 Å². The molecule has 2 aliphatic heterocycles. The van der Waals surface area contributed by atoms with Crippen molar-refractivity contribution in [3.8, 4) is 0 Å². The van der Waals surface area contributed by atoms with Gasteiger partial charge in [0.05, 0.1) is 12.2 Å². The summed E-state index contributed by atoms with van der Waals surface area (Å²) in [5.74, 6) is 2.09. The van der Waals surface area contributed by atoms with Crippen molar-refractivity contribution in [1.82, 2.24) is 19.8 Å². The maximum absolute atomic E-state index is 11.8. The second kappa shape index (κ2) is 9.65. The maximum atomic E-state index is 11.8. The van der Waals surface area contributed by atoms with Gasteiger partial charge in [-0.05, 0) is 37.1 Å². The molecule has 3 heterocycles. The third kappa shape index (κ3) is 5.07. The molecule has 2 amide bonds. The van der Waals surface area contributed by atoms with E-state index in [9.17, 15) is 9.59 Å². The van der Waals surface area contributed by atoms with E-state index >= 15 is 0 Å². The molecule has 1 saturated heterocycles. The maximum Gasteiger partial charge on any atom is 0.221 e. The van der Waals surface area contributed by atoms with Crippen LogP contribution in [0, 0.1) is 0 Å². The normalized spacial score (nSPS) is 18.7. The van der Waals surface area contributed by atoms with Gasteiger partial charge in [0.25, 0.3) is 0 Å². The molecule has 170 valence electrons. The lowest BCUT2D eigenvalue weighted by atomic mass is 9.95. The van der Waals surface area contributed by atoms with Crippen LogP contribution in [-0.4, -0.2) is 58.3 Å². The van der Waals surface area contributed by atoms with Crippen LogP contribution in [0.25, 0.3) is 0 Å². The number of carbonyl (C=O) groups excluding carboxylic acids is 2. The molecule has 32 heavy (non-hydrogen) atoms. The fraction of sp³-hybridized carbons (Fsp3) is 0.500. The fourth-order valence-corrected chi connectivity index (χ4v) is 4.66. The largest absolute Gasteiger partial charge is 0.373 e. The number of benzene rings is 1. The van der Waals surface area contributed by atoms with Crippen molar-refractivity contribution >= 4 is 23.3 Å². The monoisotopic (exact) mass is 436 g/mol. The molecule has 8 nitrogen and oxygen atoms in total. The van der Waals surface area contributed by atoms with Crippen LogP contribution in [0.3, 0.4) is 0 Å². The smallest absolute Gasteiger partial charge is 0.221 e. The van der Waals surface area contributed by atoms with E-state index in [1.807, 2.05) is 24.1 Å². The molecule has 0 unspecified atom stereocenters. The molecule has 0 saturated carbocycles. The topological polar surface area (TPSA) is 90.5 Å². The predicted molar refractivity (Wildman–Crippen MR) is 124 cm³/mol. The van der Waals surface area contributed by atoms with Gasteiger partial charge < -0.3 is 15.5 Å². The van der Waals surface area contributed by atoms with Gasteiger partial charge in [-0.25, -0.2) is 9.97 Å². The van der Waals surface area contributed by atoms with E-state index in [-0.39, 0.29) is 11.8 Å². The number of carbonyl (C=O) groups is 2. The van der Waals surface area contributed by atoms with Crippen molar-refractivity contribution in [2.75, 3.05) is 37.3 Å². The molecule has 8 heteroatoms. The van der Waals surface area contributed by atoms with Crippen molar-refractivity contribution in [1.29, 1.82) is 0 Å². The molecule has 0 radical (unpaired) electrons. The Morgan fingerprint density at radius 1 is 1.12 bits per heavy atom. The summed E-state index contributed by atoms with van der Waals surface area (Å²) < 4.78 is 0. The number of fused-ring (bicyclic) bond motifs is 1. The number of amides is 2. The summed E-state index contributed by atoms with van der Waals surface area (Å²) >= 11 is 0. The number of likely N-dealkylation sites (tertiary alicyclic amines) is 1. The zero-order valence-corrected chi connectivity index (χ0v) is 19.1. The van der Waals surface area contributed by atoms with Gasteiger partial charge in [-0.3, -0.25) is 14.5 Å². The summed E-state index contributed by atoms with van der Waals surface area (Å²) in [5, 5.41) is 6.04. The highest BCUT2D eigenvalue weighted by molar-refractivity contribution is 5.88. The Morgan fingerprint density at radius 3 is 2.59 bits per heavy atom. The van der Waals surface area contributed by atoms with Crippen LogP contribution in [0.15, 0.2) is 24.3 Å². The Bertz CT molecular complexity index is 973. The minimum absolute atomic E-state index is 0.0587. The molecule has 1 aromatic heterocycles. The lowest BCUT2D eigenvalue weighted by Crippen LogP contribution is -2.37. The highest BCUT2D eigenvalue weighted by Crippen LogP contribution is 2.30. The molecular formula is C24H32N6O2. The van der Waals surface area contributed by atoms with E-state index in [1.54, 1.807) is 6.92 Å². The fourth-order valence-electron chi connectivity index (χ4n) is 4.66. The Hall–Kier alpha value is -3.00. The first-order valence-electron chi connectivity index (χ1n) is 11.3. The molecule has 1 atom stereocenters. The SMILES string of the molecule is CNc1nc([C@H]2CCCN(Cc3ccc(NC(C)=O)cc3)C2)nc2c1CN(C(C)=O)CC2. The zero-order chi connectivity index (χ0) is 22.7. The van der Waals surface area contributed by atoms with E-state index < -0.39 is 0 Å². The number of hydrogen-bond donors (Lipinski definition) is 2. The molecule has 2 aliphatic rings. The number of piperidine rings is 1. The number of aromatic nitrogens is 2. The van der Waals surface area contributed by atoms with Crippen LogP contribution in [0.1, 0.15) is 55.3 Å². The van der Waals surface area contributed by atoms with E-state index in [1.165, 1.54) is 12.5 Å². The van der Waals surface area contributed by atoms with E-state index in [2.05, 4.69) is 27.7 Å². The van der Waals surface area contributed by atoms with Crippen LogP contribution in [0.4, 0.5) is 11.5 Å². The average Bonchev–Trinajstić information content (AvgIpc) is 2.79. The first-order valence-corrected chi connectivity index (χ1v) is 11.3. The number of nitrogens with zero attached hydrogens (tertiary/aromatic N) is 4. The van der Waals surface area contributed by atoms with Crippen molar-refractivity contribution in [2.45, 2.75) is 52.1 Å². The van der Waals surface area contributed by atoms with Crippen LogP contribution in [0.2, 0.25) is 0 Å². The third-order valence-corrected chi connectivity index (χ3v) is 6.31. The highest BCUT2D eigenvalue weighted by atomic mass is 16.2. The molecule has 4 rings (SSSR count). The lowest BCUT2D eigenvalue weighted by Gasteiger charge is -2.33. The van der Waals surface area contributed by atoms with Gasteiger partial charge in [0.15, 0.2) is 0 Å². The Balaban J connectivity index is 1.46. The third-order valence-electron chi connectivity index (χ3n) is 6.31. The summed E-state index contributed by atoms with van der Waals surface area (Å²) in [4.78, 5) is 37.2. The minimum atomic E-state index is -0.0587. The van der Waals surface area contributed by atoms with Crippen LogP contribution >= 0.6 is 0 Å². The second-order valence-electron chi connectivity index (χ2n) is 8.75. The number of hydrogen-bond acceptors (Lipinski definition) is 6. The zero-order valence-electron chi connectivity index (χ0n) is 19.1. The van der Waals surface area contributed by atoms with Crippen LogP contribution in [0.5, 0.6) is 0 Å². The van der Waals surface area contributed by atoms with Gasteiger partial charge in [-0.15, -0.1) is 0 Å². The molecule has 2 N–H and O–H groups in total. The molecule has 1 aromatic carbocycles. The van der Waals surface area contributed by atoms with Crippen molar-refractivity contribution < 1.29 is 9.59 Å². The van der Waals surface area contributed by atoms with Gasteiger partial charge >= 0.3 is 0 Å². The number of rotatable bonds is 5. The molecule has 1 fully saturated rings. The van der Waals surface area contributed by atoms with E-state index in [0.29, 0.717) is 19.0 Å². The number of anilines is 2. The van der Waals surface area contributed by atoms with Gasteiger partial charge in [0, 0.05) is 64.1 Å². The van der Waals surface area contributed by atoms with Crippen molar-refractivity contribution in [3.63, 3.8) is 0 Å². The average molecular weight is 437 g/mol. The quantitative estimate of drug-likeness (QED) is 0.749. The van der Waals surface area contributed by atoms with Gasteiger partial charge in [-0.2, -0.15) is 0 Å². The first kappa shape index (κ1) is 22.2. The minimum Gasteiger partial charge on any atom is -0.373 e. The van der Waals surface area contributed by atoms with Gasteiger partial charge in [0.2, 0.25) is 11.8 Å². The van der Waals surface area contributed by atoms with Crippen LogP contribution < -0.4 is 10.6 Å². The van der Waals surface area contributed by atoms with Crippen molar-refractivity contribution in [2.24, 2.45) is 0 Å². The van der Waals surface area contributed by atoms with Gasteiger partial charge in [0.1, 0.15) is 11.6 Å². The van der Waals surface area contributed by atoms with Gasteiger partial charge in [-0.1, -0.05) is 12.1 Å². The molecular weight excluding hydrogens is 404 g/mol. The highest BCUT2D eigenvalue weighted by Gasteiger charge is 2.28. The Kier molecular flexibility index (Phi) is 6.69.